The van der Waals surface area contributed by atoms with Crippen LogP contribution in [0.15, 0.2) is 89.9 Å². The van der Waals surface area contributed by atoms with Gasteiger partial charge in [0.25, 0.3) is 0 Å². The third kappa shape index (κ3) is 5.70. The predicted octanol–water partition coefficient (Wildman–Crippen LogP) is 3.45. The lowest BCUT2D eigenvalue weighted by Gasteiger charge is -2.25. The molecule has 2 amide bonds. The van der Waals surface area contributed by atoms with Crippen molar-refractivity contribution in [3.05, 3.63) is 90.5 Å². The van der Waals surface area contributed by atoms with Crippen molar-refractivity contribution in [1.82, 2.24) is 10.6 Å². The lowest BCUT2D eigenvalue weighted by Crippen LogP contribution is -2.57. The zero-order chi connectivity index (χ0) is 21.5. The van der Waals surface area contributed by atoms with Gasteiger partial charge in [0.1, 0.15) is 17.5 Å². The van der Waals surface area contributed by atoms with Gasteiger partial charge in [-0.05, 0) is 42.0 Å². The summed E-state index contributed by atoms with van der Waals surface area (Å²) in [5.74, 6) is 1.14. The van der Waals surface area contributed by atoms with Gasteiger partial charge >= 0.3 is 0 Å². The van der Waals surface area contributed by atoms with Gasteiger partial charge in [0, 0.05) is 5.69 Å². The van der Waals surface area contributed by atoms with Crippen molar-refractivity contribution in [3.8, 4) is 11.5 Å². The number of amides is 2. The van der Waals surface area contributed by atoms with E-state index in [1.807, 2.05) is 60.7 Å². The van der Waals surface area contributed by atoms with Crippen LogP contribution in [0.3, 0.4) is 0 Å². The van der Waals surface area contributed by atoms with E-state index in [0.717, 1.165) is 11.3 Å². The number of rotatable bonds is 6. The van der Waals surface area contributed by atoms with Gasteiger partial charge in [0.15, 0.2) is 5.96 Å². The Morgan fingerprint density at radius 1 is 0.935 bits per heavy atom. The van der Waals surface area contributed by atoms with E-state index in [2.05, 4.69) is 20.9 Å². The number of hydrogen-bond acceptors (Lipinski definition) is 4. The van der Waals surface area contributed by atoms with Crippen molar-refractivity contribution in [2.75, 3.05) is 5.32 Å². The number of carbonyl (C=O) groups excluding carboxylic acids is 2. The second-order valence-electron chi connectivity index (χ2n) is 7.03. The van der Waals surface area contributed by atoms with Crippen LogP contribution in [0, 0.1) is 0 Å². The molecule has 1 aliphatic rings. The highest BCUT2D eigenvalue weighted by atomic mass is 16.5. The molecule has 0 saturated carbocycles. The Labute approximate surface area is 180 Å². The molecule has 1 aliphatic heterocycles. The summed E-state index contributed by atoms with van der Waals surface area (Å²) in [4.78, 5) is 29.1. The highest BCUT2D eigenvalue weighted by molar-refractivity contribution is 6.07. The second kappa shape index (κ2) is 9.58. The number of para-hydroxylation sites is 1. The third-order valence-corrected chi connectivity index (χ3v) is 4.64. The SMILES string of the molecule is O=C1C[C@@H](C(=O)Nc2ccc(Oc3ccccc3)cc2)NC(=NCc2ccccc2)N1. The molecular weight excluding hydrogens is 392 g/mol. The molecule has 0 unspecified atom stereocenters. The number of carbonyl (C=O) groups is 2. The molecule has 0 aliphatic carbocycles. The first-order chi connectivity index (χ1) is 15.2. The van der Waals surface area contributed by atoms with E-state index in [-0.39, 0.29) is 18.2 Å². The van der Waals surface area contributed by atoms with E-state index in [1.54, 1.807) is 24.3 Å². The fraction of sp³-hybridized carbons (Fsp3) is 0.125. The van der Waals surface area contributed by atoms with Crippen molar-refractivity contribution in [3.63, 3.8) is 0 Å². The van der Waals surface area contributed by atoms with Crippen LogP contribution in [-0.4, -0.2) is 23.8 Å². The number of anilines is 1. The fourth-order valence-corrected chi connectivity index (χ4v) is 3.08. The minimum atomic E-state index is -0.705. The lowest BCUT2D eigenvalue weighted by molar-refractivity contribution is -0.125. The van der Waals surface area contributed by atoms with Crippen LogP contribution in [0.2, 0.25) is 0 Å². The number of guanidine groups is 1. The summed E-state index contributed by atoms with van der Waals surface area (Å²) in [6, 6.07) is 25.5. The molecule has 0 spiro atoms. The van der Waals surface area contributed by atoms with Crippen molar-refractivity contribution in [2.45, 2.75) is 19.0 Å². The summed E-state index contributed by atoms with van der Waals surface area (Å²) in [7, 11) is 0. The standard InChI is InChI=1S/C24H22N4O3/c29-22-15-21(27-24(28-22)25-16-17-7-3-1-4-8-17)23(30)26-18-11-13-20(14-12-18)31-19-9-5-2-6-10-19/h1-14,21H,15-16H2,(H,26,30)(H2,25,27,28,29)/t21-/m0/s1. The number of hydrogen-bond donors (Lipinski definition) is 3. The summed E-state index contributed by atoms with van der Waals surface area (Å²) < 4.78 is 5.75. The van der Waals surface area contributed by atoms with Gasteiger partial charge in [0.2, 0.25) is 11.8 Å². The van der Waals surface area contributed by atoms with Gasteiger partial charge < -0.3 is 15.4 Å². The van der Waals surface area contributed by atoms with Gasteiger partial charge in [-0.3, -0.25) is 14.9 Å². The van der Waals surface area contributed by atoms with Crippen LogP contribution in [0.1, 0.15) is 12.0 Å². The van der Waals surface area contributed by atoms with Gasteiger partial charge in [-0.25, -0.2) is 4.99 Å². The molecule has 156 valence electrons. The van der Waals surface area contributed by atoms with E-state index in [1.165, 1.54) is 0 Å². The van der Waals surface area contributed by atoms with Crippen LogP contribution < -0.4 is 20.7 Å². The van der Waals surface area contributed by atoms with Crippen molar-refractivity contribution in [1.29, 1.82) is 0 Å². The minimum Gasteiger partial charge on any atom is -0.457 e. The largest absolute Gasteiger partial charge is 0.457 e. The Hall–Kier alpha value is -4.13. The Bertz CT molecular complexity index is 1070. The van der Waals surface area contributed by atoms with Crippen LogP contribution >= 0.6 is 0 Å². The molecule has 1 fully saturated rings. The Morgan fingerprint density at radius 3 is 2.29 bits per heavy atom. The lowest BCUT2D eigenvalue weighted by atomic mass is 10.1. The monoisotopic (exact) mass is 414 g/mol. The summed E-state index contributed by atoms with van der Waals surface area (Å²) in [6.45, 7) is 0.403. The first-order valence-corrected chi connectivity index (χ1v) is 9.94. The molecule has 3 aromatic rings. The summed E-state index contributed by atoms with van der Waals surface area (Å²) >= 11 is 0. The number of benzene rings is 3. The molecule has 7 heteroatoms. The highest BCUT2D eigenvalue weighted by Gasteiger charge is 2.28. The maximum Gasteiger partial charge on any atom is 0.247 e. The molecule has 31 heavy (non-hydrogen) atoms. The Balaban J connectivity index is 1.35. The first-order valence-electron chi connectivity index (χ1n) is 9.94. The summed E-state index contributed by atoms with van der Waals surface area (Å²) in [5, 5.41) is 8.49. The summed E-state index contributed by atoms with van der Waals surface area (Å²) in [6.07, 6.45) is 0.0331. The van der Waals surface area contributed by atoms with Crippen molar-refractivity contribution >= 4 is 23.5 Å². The molecule has 1 saturated heterocycles. The predicted molar refractivity (Wildman–Crippen MR) is 119 cm³/mol. The molecule has 4 rings (SSSR count). The minimum absolute atomic E-state index is 0.0331. The molecule has 0 bridgehead atoms. The van der Waals surface area contributed by atoms with Gasteiger partial charge in [-0.15, -0.1) is 0 Å². The maximum absolute atomic E-state index is 12.7. The molecule has 1 atom stereocenters. The second-order valence-corrected chi connectivity index (χ2v) is 7.03. The van der Waals surface area contributed by atoms with Crippen LogP contribution in [0.25, 0.3) is 0 Å². The molecule has 1 heterocycles. The molecule has 3 aromatic carbocycles. The highest BCUT2D eigenvalue weighted by Crippen LogP contribution is 2.22. The van der Waals surface area contributed by atoms with E-state index in [9.17, 15) is 9.59 Å². The number of nitrogens with zero attached hydrogens (tertiary/aromatic N) is 1. The van der Waals surface area contributed by atoms with E-state index < -0.39 is 6.04 Å². The number of nitrogens with one attached hydrogen (secondary N) is 3. The average molecular weight is 414 g/mol. The van der Waals surface area contributed by atoms with E-state index in [4.69, 9.17) is 4.74 Å². The molecule has 0 aromatic heterocycles. The topological polar surface area (TPSA) is 91.8 Å². The molecule has 0 radical (unpaired) electrons. The van der Waals surface area contributed by atoms with E-state index >= 15 is 0 Å². The zero-order valence-corrected chi connectivity index (χ0v) is 16.7. The Morgan fingerprint density at radius 2 is 1.58 bits per heavy atom. The summed E-state index contributed by atoms with van der Waals surface area (Å²) in [5.41, 5.74) is 1.62. The molecular formula is C24H22N4O3. The normalized spacial score (nSPS) is 16.8. The quantitative estimate of drug-likeness (QED) is 0.576. The Kier molecular flexibility index (Phi) is 6.23. The van der Waals surface area contributed by atoms with Crippen LogP contribution in [0.5, 0.6) is 11.5 Å². The number of aliphatic imine (C=N–C) groups is 1. The smallest absolute Gasteiger partial charge is 0.247 e. The fourth-order valence-electron chi connectivity index (χ4n) is 3.08. The van der Waals surface area contributed by atoms with Gasteiger partial charge in [0.05, 0.1) is 13.0 Å². The van der Waals surface area contributed by atoms with E-state index in [0.29, 0.717) is 23.9 Å². The van der Waals surface area contributed by atoms with Crippen molar-refractivity contribution in [2.24, 2.45) is 4.99 Å². The van der Waals surface area contributed by atoms with Crippen molar-refractivity contribution < 1.29 is 14.3 Å². The van der Waals surface area contributed by atoms with Gasteiger partial charge in [-0.1, -0.05) is 48.5 Å². The third-order valence-electron chi connectivity index (χ3n) is 4.64. The molecule has 3 N–H and O–H groups in total. The number of ether oxygens (including phenoxy) is 1. The average Bonchev–Trinajstić information content (AvgIpc) is 2.80. The zero-order valence-electron chi connectivity index (χ0n) is 16.7. The van der Waals surface area contributed by atoms with Gasteiger partial charge in [-0.2, -0.15) is 0 Å². The maximum atomic E-state index is 12.7. The van der Waals surface area contributed by atoms with Crippen LogP contribution in [-0.2, 0) is 16.1 Å². The molecule has 7 nitrogen and oxygen atoms in total. The first kappa shape index (κ1) is 20.2. The van der Waals surface area contributed by atoms with Crippen LogP contribution in [0.4, 0.5) is 5.69 Å².